The van der Waals surface area contributed by atoms with Crippen LogP contribution in [0.25, 0.3) is 11.3 Å². The summed E-state index contributed by atoms with van der Waals surface area (Å²) in [6.45, 7) is 1.84. The molecule has 3 N–H and O–H groups in total. The van der Waals surface area contributed by atoms with Gasteiger partial charge in [-0.1, -0.05) is 30.3 Å². The van der Waals surface area contributed by atoms with E-state index in [-0.39, 0.29) is 11.7 Å². The molecule has 0 spiro atoms. The number of hydrogen-bond acceptors (Lipinski definition) is 4. The van der Waals surface area contributed by atoms with Crippen LogP contribution in [0.2, 0.25) is 0 Å². The number of benzene rings is 2. The van der Waals surface area contributed by atoms with Gasteiger partial charge in [-0.3, -0.25) is 9.89 Å². The molecule has 3 aromatic rings. The summed E-state index contributed by atoms with van der Waals surface area (Å²) in [7, 11) is 0. The third-order valence-corrected chi connectivity index (χ3v) is 3.56. The maximum absolute atomic E-state index is 12.2. The molecule has 1 aromatic heterocycles. The van der Waals surface area contributed by atoms with Gasteiger partial charge in [0.05, 0.1) is 11.9 Å². The summed E-state index contributed by atoms with van der Waals surface area (Å²) in [6.07, 6.45) is 1.50. The predicted molar refractivity (Wildman–Crippen MR) is 91.9 cm³/mol. The molecule has 6 nitrogen and oxygen atoms in total. The summed E-state index contributed by atoms with van der Waals surface area (Å²) in [5, 5.41) is 20.1. The lowest BCUT2D eigenvalue weighted by Gasteiger charge is -2.00. The highest BCUT2D eigenvalue weighted by atomic mass is 16.3. The van der Waals surface area contributed by atoms with Crippen LogP contribution in [0.1, 0.15) is 21.6 Å². The molecule has 6 heteroatoms. The van der Waals surface area contributed by atoms with Crippen molar-refractivity contribution in [3.8, 4) is 17.0 Å². The lowest BCUT2D eigenvalue weighted by Crippen LogP contribution is -2.19. The number of phenolic OH excluding ortho intramolecular Hbond substituents is 1. The maximum atomic E-state index is 12.2. The molecule has 1 heterocycles. The highest BCUT2D eigenvalue weighted by Gasteiger charge is 2.16. The molecule has 0 atom stereocenters. The minimum absolute atomic E-state index is 0.178. The Morgan fingerprint density at radius 2 is 1.88 bits per heavy atom. The molecular formula is C18H16N4O2. The van der Waals surface area contributed by atoms with Gasteiger partial charge in [-0.2, -0.15) is 10.2 Å². The zero-order valence-corrected chi connectivity index (χ0v) is 13.0. The van der Waals surface area contributed by atoms with Crippen LogP contribution in [0.15, 0.2) is 59.7 Å². The molecule has 0 radical (unpaired) electrons. The number of phenols is 1. The van der Waals surface area contributed by atoms with E-state index in [1.165, 1.54) is 6.21 Å². The topological polar surface area (TPSA) is 90.4 Å². The van der Waals surface area contributed by atoms with Crippen molar-refractivity contribution in [3.63, 3.8) is 0 Å². The normalized spacial score (nSPS) is 10.9. The zero-order chi connectivity index (χ0) is 16.9. The molecule has 120 valence electrons. The number of nitrogens with zero attached hydrogens (tertiary/aromatic N) is 2. The second kappa shape index (κ2) is 6.78. The van der Waals surface area contributed by atoms with E-state index >= 15 is 0 Å². The van der Waals surface area contributed by atoms with Crippen molar-refractivity contribution in [2.75, 3.05) is 0 Å². The van der Waals surface area contributed by atoms with E-state index in [2.05, 4.69) is 20.7 Å². The molecule has 0 bridgehead atoms. The molecule has 24 heavy (non-hydrogen) atoms. The number of rotatable bonds is 4. The van der Waals surface area contributed by atoms with Gasteiger partial charge in [-0.15, -0.1) is 0 Å². The third-order valence-electron chi connectivity index (χ3n) is 3.56. The first-order valence-corrected chi connectivity index (χ1v) is 7.38. The number of aromatic hydroxyl groups is 1. The highest BCUT2D eigenvalue weighted by Crippen LogP contribution is 2.22. The fourth-order valence-electron chi connectivity index (χ4n) is 2.28. The van der Waals surface area contributed by atoms with Crippen LogP contribution in [0.4, 0.5) is 0 Å². The Morgan fingerprint density at radius 3 is 2.58 bits per heavy atom. The first-order chi connectivity index (χ1) is 11.6. The van der Waals surface area contributed by atoms with Gasteiger partial charge < -0.3 is 5.11 Å². The maximum Gasteiger partial charge on any atom is 0.289 e. The summed E-state index contributed by atoms with van der Waals surface area (Å²) in [5.74, 6) is -0.185. The van der Waals surface area contributed by atoms with Gasteiger partial charge in [0.2, 0.25) is 0 Å². The lowest BCUT2D eigenvalue weighted by atomic mass is 10.1. The summed E-state index contributed by atoms with van der Waals surface area (Å²) in [5.41, 5.74) is 6.04. The molecule has 3 rings (SSSR count). The van der Waals surface area contributed by atoms with Crippen LogP contribution in [0, 0.1) is 6.92 Å². The molecule has 0 unspecified atom stereocenters. The van der Waals surface area contributed by atoms with Crippen molar-refractivity contribution in [2.24, 2.45) is 5.10 Å². The lowest BCUT2D eigenvalue weighted by molar-refractivity contribution is 0.0949. The number of carbonyl (C=O) groups is 1. The quantitative estimate of drug-likeness (QED) is 0.510. The van der Waals surface area contributed by atoms with Gasteiger partial charge in [-0.05, 0) is 36.8 Å². The average Bonchev–Trinajstić information content (AvgIpc) is 2.99. The second-order valence-electron chi connectivity index (χ2n) is 5.23. The van der Waals surface area contributed by atoms with Crippen molar-refractivity contribution in [3.05, 3.63) is 71.4 Å². The summed E-state index contributed by atoms with van der Waals surface area (Å²) >= 11 is 0. The molecule has 0 aliphatic rings. The predicted octanol–water partition coefficient (Wildman–Crippen LogP) is 2.85. The number of aromatic amines is 1. The standard InChI is InChI=1S/C18H16N4O2/c1-12-16(14-5-3-2-4-6-14)20-21-17(12)18(24)22-19-11-13-7-9-15(23)10-8-13/h2-11,23H,1H3,(H,20,21)(H,22,24)/b19-11+. The smallest absolute Gasteiger partial charge is 0.289 e. The molecular weight excluding hydrogens is 304 g/mol. The van der Waals surface area contributed by atoms with E-state index in [1.54, 1.807) is 24.3 Å². The minimum Gasteiger partial charge on any atom is -0.508 e. The van der Waals surface area contributed by atoms with Crippen LogP contribution in [0.3, 0.4) is 0 Å². The van der Waals surface area contributed by atoms with Crippen molar-refractivity contribution < 1.29 is 9.90 Å². The van der Waals surface area contributed by atoms with E-state index in [4.69, 9.17) is 0 Å². The van der Waals surface area contributed by atoms with Crippen molar-refractivity contribution >= 4 is 12.1 Å². The number of H-pyrrole nitrogens is 1. The molecule has 0 aliphatic carbocycles. The van der Waals surface area contributed by atoms with Crippen molar-refractivity contribution in [1.29, 1.82) is 0 Å². The first-order valence-electron chi connectivity index (χ1n) is 7.38. The van der Waals surface area contributed by atoms with Crippen LogP contribution >= 0.6 is 0 Å². The van der Waals surface area contributed by atoms with Gasteiger partial charge in [0.1, 0.15) is 11.4 Å². The Balaban J connectivity index is 1.72. The molecule has 0 aliphatic heterocycles. The van der Waals surface area contributed by atoms with Gasteiger partial charge >= 0.3 is 0 Å². The largest absolute Gasteiger partial charge is 0.508 e. The Labute approximate surface area is 138 Å². The SMILES string of the molecule is Cc1c(-c2ccccc2)n[nH]c1C(=O)N/N=C/c1ccc(O)cc1. The first kappa shape index (κ1) is 15.5. The third kappa shape index (κ3) is 3.33. The van der Waals surface area contributed by atoms with E-state index in [0.29, 0.717) is 5.69 Å². The van der Waals surface area contributed by atoms with Crippen molar-refractivity contribution in [2.45, 2.75) is 6.92 Å². The number of nitrogens with one attached hydrogen (secondary N) is 2. The molecule has 1 amide bonds. The number of hydrogen-bond donors (Lipinski definition) is 3. The summed E-state index contributed by atoms with van der Waals surface area (Å²) in [4.78, 5) is 12.2. The number of carbonyl (C=O) groups excluding carboxylic acids is 1. The second-order valence-corrected chi connectivity index (χ2v) is 5.23. The van der Waals surface area contributed by atoms with E-state index in [9.17, 15) is 9.90 Å². The number of amides is 1. The van der Waals surface area contributed by atoms with Crippen molar-refractivity contribution in [1.82, 2.24) is 15.6 Å². The fraction of sp³-hybridized carbons (Fsp3) is 0.0556. The minimum atomic E-state index is -0.364. The van der Waals surface area contributed by atoms with Gasteiger partial charge in [0.25, 0.3) is 5.91 Å². The van der Waals surface area contributed by atoms with Crippen LogP contribution in [-0.4, -0.2) is 27.4 Å². The van der Waals surface area contributed by atoms with Gasteiger partial charge in [0.15, 0.2) is 0 Å². The van der Waals surface area contributed by atoms with Gasteiger partial charge in [-0.25, -0.2) is 5.43 Å². The highest BCUT2D eigenvalue weighted by molar-refractivity contribution is 5.95. The summed E-state index contributed by atoms with van der Waals surface area (Å²) in [6, 6.07) is 16.1. The fourth-order valence-corrected chi connectivity index (χ4v) is 2.28. The Bertz CT molecular complexity index is 868. The molecule has 0 saturated carbocycles. The zero-order valence-electron chi connectivity index (χ0n) is 13.0. The van der Waals surface area contributed by atoms with Gasteiger partial charge in [0, 0.05) is 11.1 Å². The molecule has 0 fully saturated rings. The number of aromatic nitrogens is 2. The average molecular weight is 320 g/mol. The van der Waals surface area contributed by atoms with E-state index in [1.807, 2.05) is 37.3 Å². The van der Waals surface area contributed by atoms with Crippen LogP contribution in [0.5, 0.6) is 5.75 Å². The Morgan fingerprint density at radius 1 is 1.17 bits per heavy atom. The number of hydrazone groups is 1. The van der Waals surface area contributed by atoms with E-state index < -0.39 is 0 Å². The Hall–Kier alpha value is -3.41. The molecule has 0 saturated heterocycles. The Kier molecular flexibility index (Phi) is 4.38. The molecule has 2 aromatic carbocycles. The van der Waals surface area contributed by atoms with Crippen LogP contribution < -0.4 is 5.43 Å². The monoisotopic (exact) mass is 320 g/mol. The van der Waals surface area contributed by atoms with E-state index in [0.717, 1.165) is 22.4 Å². The van der Waals surface area contributed by atoms with Crippen LogP contribution in [-0.2, 0) is 0 Å². The summed E-state index contributed by atoms with van der Waals surface area (Å²) < 4.78 is 0.